The van der Waals surface area contributed by atoms with Crippen LogP contribution in [0.25, 0.3) is 11.4 Å². The number of morpholine rings is 1. The molecule has 2 N–H and O–H groups in total. The van der Waals surface area contributed by atoms with E-state index in [1.807, 2.05) is 31.2 Å². The number of urea groups is 1. The summed E-state index contributed by atoms with van der Waals surface area (Å²) >= 11 is 0. The topological polar surface area (TPSA) is 88.6 Å². The third-order valence-electron chi connectivity index (χ3n) is 6.83. The van der Waals surface area contributed by atoms with Gasteiger partial charge in [0.25, 0.3) is 0 Å². The lowest BCUT2D eigenvalue weighted by Crippen LogP contribution is -2.43. The van der Waals surface area contributed by atoms with Gasteiger partial charge in [-0.2, -0.15) is 0 Å². The smallest absolute Gasteiger partial charge is 0.319 e. The highest BCUT2D eigenvalue weighted by molar-refractivity contribution is 5.89. The number of aromatic nitrogens is 2. The highest BCUT2D eigenvalue weighted by Crippen LogP contribution is 2.43. The summed E-state index contributed by atoms with van der Waals surface area (Å²) in [6, 6.07) is 7.48. The SMILES string of the molecule is CCCC1(C)OCc2c(N3CC4CCC(C3)O4)nc(-c3ccc(NC(=O)NCC)cc3)nc21. The molecule has 5 rings (SSSR count). The standard InChI is InChI=1S/C25H33N5O3/c1-4-12-25(3)21-20(15-32-25)23(30-13-18-10-11-19(14-30)33-18)29-22(28-21)16-6-8-17(9-7-16)27-24(31)26-5-2/h6-9,18-19H,4-5,10-15H2,1-3H3,(H2,26,27,31). The first-order chi connectivity index (χ1) is 16.0. The van der Waals surface area contributed by atoms with Crippen LogP contribution in [0.5, 0.6) is 0 Å². The summed E-state index contributed by atoms with van der Waals surface area (Å²) in [6.07, 6.45) is 4.73. The van der Waals surface area contributed by atoms with Crippen LogP contribution in [0.15, 0.2) is 24.3 Å². The molecule has 2 fully saturated rings. The number of nitrogens with one attached hydrogen (secondary N) is 2. The Morgan fingerprint density at radius 1 is 1.15 bits per heavy atom. The second-order valence-corrected chi connectivity index (χ2v) is 9.39. The molecule has 0 spiro atoms. The molecule has 0 radical (unpaired) electrons. The highest BCUT2D eigenvalue weighted by atomic mass is 16.5. The second kappa shape index (κ2) is 8.91. The average molecular weight is 452 g/mol. The van der Waals surface area contributed by atoms with Gasteiger partial charge in [0.2, 0.25) is 0 Å². The average Bonchev–Trinajstić information content (AvgIpc) is 3.32. The number of hydrogen-bond acceptors (Lipinski definition) is 6. The Morgan fingerprint density at radius 3 is 2.55 bits per heavy atom. The van der Waals surface area contributed by atoms with E-state index in [0.717, 1.165) is 67.1 Å². The fourth-order valence-corrected chi connectivity index (χ4v) is 5.23. The van der Waals surface area contributed by atoms with Crippen molar-refractivity contribution in [1.82, 2.24) is 15.3 Å². The molecular formula is C25H33N5O3. The predicted molar refractivity (Wildman–Crippen MR) is 127 cm³/mol. The molecule has 1 aromatic heterocycles. The van der Waals surface area contributed by atoms with Crippen LogP contribution >= 0.6 is 0 Å². The van der Waals surface area contributed by atoms with Crippen molar-refractivity contribution in [2.75, 3.05) is 29.9 Å². The van der Waals surface area contributed by atoms with Gasteiger partial charge in [0.15, 0.2) is 5.82 Å². The van der Waals surface area contributed by atoms with Gasteiger partial charge in [0.05, 0.1) is 24.5 Å². The van der Waals surface area contributed by atoms with Crippen LogP contribution in [0.2, 0.25) is 0 Å². The molecule has 2 bridgehead atoms. The van der Waals surface area contributed by atoms with Crippen LogP contribution in [0.1, 0.15) is 57.7 Å². The van der Waals surface area contributed by atoms with Gasteiger partial charge < -0.3 is 25.0 Å². The summed E-state index contributed by atoms with van der Waals surface area (Å²) in [5.74, 6) is 1.68. The number of nitrogens with zero attached hydrogens (tertiary/aromatic N) is 3. The lowest BCUT2D eigenvalue weighted by Gasteiger charge is -2.34. The van der Waals surface area contributed by atoms with Crippen LogP contribution in [0.3, 0.4) is 0 Å². The molecule has 33 heavy (non-hydrogen) atoms. The maximum absolute atomic E-state index is 11.8. The summed E-state index contributed by atoms with van der Waals surface area (Å²) in [5.41, 5.74) is 3.37. The van der Waals surface area contributed by atoms with E-state index in [-0.39, 0.29) is 18.2 Å². The number of ether oxygens (including phenoxy) is 2. The highest BCUT2D eigenvalue weighted by Gasteiger charge is 2.42. The van der Waals surface area contributed by atoms with Crippen LogP contribution in [-0.2, 0) is 21.7 Å². The number of hydrogen-bond donors (Lipinski definition) is 2. The summed E-state index contributed by atoms with van der Waals surface area (Å²) in [6.45, 7) is 9.06. The van der Waals surface area contributed by atoms with E-state index < -0.39 is 5.60 Å². The molecule has 3 unspecified atom stereocenters. The molecule has 0 saturated carbocycles. The zero-order valence-corrected chi connectivity index (χ0v) is 19.7. The van der Waals surface area contributed by atoms with Gasteiger partial charge in [0.1, 0.15) is 11.4 Å². The predicted octanol–water partition coefficient (Wildman–Crippen LogP) is 4.20. The first-order valence-corrected chi connectivity index (χ1v) is 12.1. The largest absolute Gasteiger partial charge is 0.371 e. The minimum Gasteiger partial charge on any atom is -0.371 e. The van der Waals surface area contributed by atoms with Crippen LogP contribution in [-0.4, -0.2) is 47.8 Å². The second-order valence-electron chi connectivity index (χ2n) is 9.39. The summed E-state index contributed by atoms with van der Waals surface area (Å²) in [7, 11) is 0. The van der Waals surface area contributed by atoms with E-state index in [1.54, 1.807) is 0 Å². The Kier molecular flexibility index (Phi) is 5.97. The molecule has 3 aliphatic heterocycles. The van der Waals surface area contributed by atoms with Gasteiger partial charge in [-0.3, -0.25) is 0 Å². The number of benzene rings is 1. The van der Waals surface area contributed by atoms with E-state index in [1.165, 1.54) is 0 Å². The van der Waals surface area contributed by atoms with Gasteiger partial charge >= 0.3 is 6.03 Å². The molecule has 8 heteroatoms. The molecule has 1 aromatic carbocycles. The third kappa shape index (κ3) is 4.29. The molecule has 0 aliphatic carbocycles. The van der Waals surface area contributed by atoms with Crippen molar-refractivity contribution >= 4 is 17.5 Å². The van der Waals surface area contributed by atoms with Crippen molar-refractivity contribution in [3.05, 3.63) is 35.5 Å². The minimum absolute atomic E-state index is 0.212. The Labute approximate surface area is 195 Å². The monoisotopic (exact) mass is 451 g/mol. The number of carbonyl (C=O) groups excluding carboxylic acids is 1. The first kappa shape index (κ1) is 22.1. The molecule has 176 valence electrons. The zero-order chi connectivity index (χ0) is 23.0. The van der Waals surface area contributed by atoms with Gasteiger partial charge in [-0.05, 0) is 57.4 Å². The molecule has 2 saturated heterocycles. The van der Waals surface area contributed by atoms with Crippen molar-refractivity contribution in [1.29, 1.82) is 0 Å². The van der Waals surface area contributed by atoms with Gasteiger partial charge in [-0.1, -0.05) is 13.3 Å². The van der Waals surface area contributed by atoms with E-state index in [9.17, 15) is 4.79 Å². The first-order valence-electron chi connectivity index (χ1n) is 12.1. The molecular weight excluding hydrogens is 418 g/mol. The summed E-state index contributed by atoms with van der Waals surface area (Å²) in [5, 5.41) is 5.58. The Balaban J connectivity index is 1.51. The maximum Gasteiger partial charge on any atom is 0.319 e. The Bertz CT molecular complexity index is 1020. The Morgan fingerprint density at radius 2 is 1.88 bits per heavy atom. The van der Waals surface area contributed by atoms with Crippen molar-refractivity contribution in [2.45, 2.75) is 70.9 Å². The molecule has 2 amide bonds. The van der Waals surface area contributed by atoms with E-state index in [4.69, 9.17) is 19.4 Å². The minimum atomic E-state index is -0.401. The normalized spacial score (nSPS) is 25.7. The van der Waals surface area contributed by atoms with Gasteiger partial charge in [-0.15, -0.1) is 0 Å². The molecule has 3 atom stereocenters. The summed E-state index contributed by atoms with van der Waals surface area (Å²) in [4.78, 5) is 24.3. The van der Waals surface area contributed by atoms with E-state index >= 15 is 0 Å². The van der Waals surface area contributed by atoms with E-state index in [0.29, 0.717) is 19.0 Å². The molecule has 8 nitrogen and oxygen atoms in total. The number of carbonyl (C=O) groups is 1. The van der Waals surface area contributed by atoms with Crippen LogP contribution in [0.4, 0.5) is 16.3 Å². The van der Waals surface area contributed by atoms with Gasteiger partial charge in [0, 0.05) is 36.4 Å². The lowest BCUT2D eigenvalue weighted by molar-refractivity contribution is -0.0321. The quantitative estimate of drug-likeness (QED) is 0.684. The summed E-state index contributed by atoms with van der Waals surface area (Å²) < 4.78 is 12.4. The Hall–Kier alpha value is -2.71. The van der Waals surface area contributed by atoms with Crippen molar-refractivity contribution in [2.24, 2.45) is 0 Å². The molecule has 3 aliphatic rings. The number of amides is 2. The maximum atomic E-state index is 11.8. The van der Waals surface area contributed by atoms with Gasteiger partial charge in [-0.25, -0.2) is 14.8 Å². The zero-order valence-electron chi connectivity index (χ0n) is 19.7. The fourth-order valence-electron chi connectivity index (χ4n) is 5.23. The molecule has 4 heterocycles. The van der Waals surface area contributed by atoms with Crippen LogP contribution in [0, 0.1) is 0 Å². The number of fused-ring (bicyclic) bond motifs is 3. The fraction of sp³-hybridized carbons (Fsp3) is 0.560. The van der Waals surface area contributed by atoms with Crippen molar-refractivity contribution in [3.8, 4) is 11.4 Å². The van der Waals surface area contributed by atoms with E-state index in [2.05, 4.69) is 29.4 Å². The van der Waals surface area contributed by atoms with Crippen molar-refractivity contribution < 1.29 is 14.3 Å². The number of anilines is 2. The third-order valence-corrected chi connectivity index (χ3v) is 6.83. The van der Waals surface area contributed by atoms with Crippen molar-refractivity contribution in [3.63, 3.8) is 0 Å². The molecule has 2 aromatic rings. The van der Waals surface area contributed by atoms with Crippen LogP contribution < -0.4 is 15.5 Å². The lowest BCUT2D eigenvalue weighted by atomic mass is 9.94. The number of rotatable bonds is 6.